The van der Waals surface area contributed by atoms with Gasteiger partial charge in [-0.05, 0) is 60.1 Å². The summed E-state index contributed by atoms with van der Waals surface area (Å²) in [5, 5.41) is 10.6. The fourth-order valence-corrected chi connectivity index (χ4v) is 4.06. The lowest BCUT2D eigenvalue weighted by molar-refractivity contribution is 0.237. The average molecular weight is 339 g/mol. The lowest BCUT2D eigenvalue weighted by atomic mass is 10.1. The minimum Gasteiger partial charge on any atom is -0.337 e. The van der Waals surface area contributed by atoms with Gasteiger partial charge in [0.15, 0.2) is 0 Å². The smallest absolute Gasteiger partial charge is 0.315 e. The number of hydrogen-bond acceptors (Lipinski definition) is 3. The first-order valence-corrected chi connectivity index (χ1v) is 9.34. The van der Waals surface area contributed by atoms with Crippen LogP contribution in [0.3, 0.4) is 0 Å². The van der Waals surface area contributed by atoms with Crippen LogP contribution in [-0.2, 0) is 5.54 Å². The molecule has 0 aliphatic carbocycles. The normalized spacial score (nSPS) is 22.9. The molecule has 2 amide bonds. The highest BCUT2D eigenvalue weighted by molar-refractivity contribution is 8.00. The number of hydrogen-bond donors (Lipinski definition) is 2. The molecule has 2 rings (SSSR count). The van der Waals surface area contributed by atoms with Gasteiger partial charge in [0.1, 0.15) is 0 Å². The predicted molar refractivity (Wildman–Crippen MR) is 97.0 cm³/mol. The zero-order valence-corrected chi connectivity index (χ0v) is 16.0. The first-order chi connectivity index (χ1) is 10.6. The van der Waals surface area contributed by atoms with E-state index in [0.29, 0.717) is 0 Å². The Morgan fingerprint density at radius 3 is 2.74 bits per heavy atom. The topological polar surface area (TPSA) is 59.0 Å². The summed E-state index contributed by atoms with van der Waals surface area (Å²) < 4.78 is 2.15. The summed E-state index contributed by atoms with van der Waals surface area (Å²) in [5.41, 5.74) is 1.97. The van der Waals surface area contributed by atoms with E-state index >= 15 is 0 Å². The van der Waals surface area contributed by atoms with Crippen molar-refractivity contribution in [1.29, 1.82) is 0 Å². The molecular weight excluding hydrogens is 308 g/mol. The largest absolute Gasteiger partial charge is 0.337 e. The molecule has 0 radical (unpaired) electrons. The summed E-state index contributed by atoms with van der Waals surface area (Å²) >= 11 is 1.95. The highest BCUT2D eigenvalue weighted by atomic mass is 32.2. The lowest BCUT2D eigenvalue weighted by Crippen LogP contribution is -2.43. The Kier molecular flexibility index (Phi) is 5.33. The van der Waals surface area contributed by atoms with Gasteiger partial charge in [-0.15, -0.1) is 0 Å². The maximum atomic E-state index is 12.2. The summed E-state index contributed by atoms with van der Waals surface area (Å²) in [4.78, 5) is 12.2. The van der Waals surface area contributed by atoms with E-state index in [0.717, 1.165) is 17.8 Å². The summed E-state index contributed by atoms with van der Waals surface area (Å²) in [6, 6.07) is -0.163. The van der Waals surface area contributed by atoms with Crippen LogP contribution in [0.15, 0.2) is 6.20 Å². The second-order valence-electron chi connectivity index (χ2n) is 7.74. The molecule has 1 fully saturated rings. The van der Waals surface area contributed by atoms with Crippen molar-refractivity contribution in [3.05, 3.63) is 17.5 Å². The number of amides is 2. The van der Waals surface area contributed by atoms with Gasteiger partial charge in [0.05, 0.1) is 17.3 Å². The van der Waals surface area contributed by atoms with Crippen LogP contribution < -0.4 is 10.6 Å². The average Bonchev–Trinajstić information content (AvgIpc) is 3.03. The molecule has 2 heterocycles. The molecule has 1 saturated heterocycles. The number of aryl methyl sites for hydroxylation is 1. The number of carbonyl (C=O) groups excluding carboxylic acids is 1. The van der Waals surface area contributed by atoms with Crippen molar-refractivity contribution >= 4 is 17.8 Å². The SMILES string of the molecule is Cc1nn(C(C)(C)C)cc1[C@H](C)NC(=O)NC[C@@]1(C)CCCS1. The summed E-state index contributed by atoms with van der Waals surface area (Å²) in [6.07, 6.45) is 4.45. The minimum atomic E-state index is -0.103. The highest BCUT2D eigenvalue weighted by Crippen LogP contribution is 2.36. The first kappa shape index (κ1) is 18.2. The van der Waals surface area contributed by atoms with E-state index in [1.54, 1.807) is 0 Å². The molecule has 0 spiro atoms. The number of carbonyl (C=O) groups is 1. The predicted octanol–water partition coefficient (Wildman–Crippen LogP) is 3.59. The molecule has 1 aromatic rings. The van der Waals surface area contributed by atoms with Gasteiger partial charge >= 0.3 is 6.03 Å². The van der Waals surface area contributed by atoms with Gasteiger partial charge in [-0.2, -0.15) is 16.9 Å². The van der Waals surface area contributed by atoms with Crippen LogP contribution in [0.5, 0.6) is 0 Å². The molecule has 23 heavy (non-hydrogen) atoms. The van der Waals surface area contributed by atoms with Gasteiger partial charge in [0, 0.05) is 23.1 Å². The molecule has 0 saturated carbocycles. The molecule has 130 valence electrons. The maximum Gasteiger partial charge on any atom is 0.315 e. The van der Waals surface area contributed by atoms with Crippen molar-refractivity contribution < 1.29 is 4.79 Å². The number of nitrogens with zero attached hydrogens (tertiary/aromatic N) is 2. The van der Waals surface area contributed by atoms with E-state index in [2.05, 4.69) is 43.4 Å². The molecule has 0 bridgehead atoms. The molecule has 2 atom stereocenters. The molecule has 6 heteroatoms. The molecule has 1 aliphatic rings. The van der Waals surface area contributed by atoms with Crippen molar-refractivity contribution in [3.8, 4) is 0 Å². The van der Waals surface area contributed by atoms with Crippen LogP contribution in [0.2, 0.25) is 0 Å². The number of nitrogens with one attached hydrogen (secondary N) is 2. The van der Waals surface area contributed by atoms with E-state index < -0.39 is 0 Å². The number of thioether (sulfide) groups is 1. The van der Waals surface area contributed by atoms with E-state index in [1.807, 2.05) is 36.5 Å². The van der Waals surface area contributed by atoms with E-state index in [1.165, 1.54) is 18.6 Å². The van der Waals surface area contributed by atoms with Gasteiger partial charge in [-0.1, -0.05) is 0 Å². The lowest BCUT2D eigenvalue weighted by Gasteiger charge is -2.23. The van der Waals surface area contributed by atoms with Gasteiger partial charge in [-0.3, -0.25) is 4.68 Å². The third kappa shape index (κ3) is 4.66. The van der Waals surface area contributed by atoms with E-state index in [-0.39, 0.29) is 22.4 Å². The molecule has 5 nitrogen and oxygen atoms in total. The Morgan fingerprint density at radius 1 is 1.52 bits per heavy atom. The van der Waals surface area contributed by atoms with Crippen LogP contribution in [0.4, 0.5) is 4.79 Å². The van der Waals surface area contributed by atoms with Crippen molar-refractivity contribution in [2.75, 3.05) is 12.3 Å². The fourth-order valence-electron chi connectivity index (χ4n) is 2.81. The molecule has 0 aromatic carbocycles. The standard InChI is InChI=1S/C17H30N4OS/c1-12(14-10-21(16(3,4)5)20-13(14)2)19-15(22)18-11-17(6)8-7-9-23-17/h10,12H,7-9,11H2,1-6H3,(H2,18,19,22)/t12-,17+/m0/s1. The van der Waals surface area contributed by atoms with Crippen LogP contribution in [0.25, 0.3) is 0 Å². The molecule has 0 unspecified atom stereocenters. The summed E-state index contributed by atoms with van der Waals surface area (Å²) in [6.45, 7) is 13.3. The van der Waals surface area contributed by atoms with Crippen LogP contribution in [-0.4, -0.2) is 32.9 Å². The van der Waals surface area contributed by atoms with Gasteiger partial charge in [0.25, 0.3) is 0 Å². The third-order valence-corrected chi connectivity index (χ3v) is 5.90. The van der Waals surface area contributed by atoms with Crippen molar-refractivity contribution in [2.45, 2.75) is 70.7 Å². The minimum absolute atomic E-state index is 0.0563. The Morgan fingerprint density at radius 2 is 2.22 bits per heavy atom. The maximum absolute atomic E-state index is 12.2. The summed E-state index contributed by atoms with van der Waals surface area (Å²) in [7, 11) is 0. The molecular formula is C17H30N4OS. The van der Waals surface area contributed by atoms with Crippen molar-refractivity contribution in [3.63, 3.8) is 0 Å². The second-order valence-corrected chi connectivity index (χ2v) is 9.42. The van der Waals surface area contributed by atoms with Crippen LogP contribution >= 0.6 is 11.8 Å². The monoisotopic (exact) mass is 338 g/mol. The molecule has 1 aliphatic heterocycles. The van der Waals surface area contributed by atoms with Crippen molar-refractivity contribution in [1.82, 2.24) is 20.4 Å². The number of urea groups is 1. The van der Waals surface area contributed by atoms with Crippen molar-refractivity contribution in [2.24, 2.45) is 0 Å². The van der Waals surface area contributed by atoms with E-state index in [4.69, 9.17) is 0 Å². The number of aromatic nitrogens is 2. The summed E-state index contributed by atoms with van der Waals surface area (Å²) in [5.74, 6) is 1.20. The van der Waals surface area contributed by atoms with Gasteiger partial charge < -0.3 is 10.6 Å². The Balaban J connectivity index is 1.92. The Labute approximate surface area is 144 Å². The fraction of sp³-hybridized carbons (Fsp3) is 0.765. The van der Waals surface area contributed by atoms with Crippen LogP contribution in [0, 0.1) is 6.92 Å². The Bertz CT molecular complexity index is 555. The third-order valence-electron chi connectivity index (χ3n) is 4.36. The molecule has 1 aromatic heterocycles. The second kappa shape index (κ2) is 6.75. The number of rotatable bonds is 4. The first-order valence-electron chi connectivity index (χ1n) is 8.36. The Hall–Kier alpha value is -1.17. The van der Waals surface area contributed by atoms with E-state index in [9.17, 15) is 4.79 Å². The van der Waals surface area contributed by atoms with Gasteiger partial charge in [0.2, 0.25) is 0 Å². The highest BCUT2D eigenvalue weighted by Gasteiger charge is 2.30. The zero-order chi connectivity index (χ0) is 17.3. The molecule has 2 N–H and O–H groups in total. The van der Waals surface area contributed by atoms with Crippen LogP contribution in [0.1, 0.15) is 64.8 Å². The van der Waals surface area contributed by atoms with Gasteiger partial charge in [-0.25, -0.2) is 4.79 Å². The zero-order valence-electron chi connectivity index (χ0n) is 15.2. The quantitative estimate of drug-likeness (QED) is 0.882.